The van der Waals surface area contributed by atoms with Gasteiger partial charge >= 0.3 is 0 Å². The van der Waals surface area contributed by atoms with Gasteiger partial charge in [0.2, 0.25) is 0 Å². The van der Waals surface area contributed by atoms with Crippen molar-refractivity contribution in [1.29, 1.82) is 0 Å². The SMILES string of the molecule is COc1ccc(N=NN(C)CC(=O)[O-])cc1S(=O)(=O)[O-]. The summed E-state index contributed by atoms with van der Waals surface area (Å²) in [7, 11) is -2.16. The van der Waals surface area contributed by atoms with Crippen LogP contribution < -0.4 is 9.84 Å². The van der Waals surface area contributed by atoms with Crippen molar-refractivity contribution >= 4 is 21.8 Å². The second-order valence-corrected chi connectivity index (χ2v) is 5.01. The van der Waals surface area contributed by atoms with Crippen LogP contribution in [0.25, 0.3) is 0 Å². The summed E-state index contributed by atoms with van der Waals surface area (Å²) in [6.07, 6.45) is 0. The van der Waals surface area contributed by atoms with Crippen LogP contribution in [0, 0.1) is 0 Å². The lowest BCUT2D eigenvalue weighted by molar-refractivity contribution is -0.306. The molecule has 0 saturated carbocycles. The molecule has 0 aliphatic carbocycles. The summed E-state index contributed by atoms with van der Waals surface area (Å²) < 4.78 is 37.9. The van der Waals surface area contributed by atoms with E-state index in [2.05, 4.69) is 10.3 Å². The molecule has 0 amide bonds. The molecule has 1 aromatic carbocycles. The zero-order valence-electron chi connectivity index (χ0n) is 10.6. The number of carboxylic acid groups (broad SMARTS) is 1. The summed E-state index contributed by atoms with van der Waals surface area (Å²) in [5.41, 5.74) is 0.0606. The Balaban J connectivity index is 3.04. The average Bonchev–Trinajstić information content (AvgIpc) is 2.34. The molecule has 1 rings (SSSR count). The average molecular weight is 301 g/mol. The monoisotopic (exact) mass is 301 g/mol. The van der Waals surface area contributed by atoms with Gasteiger partial charge in [0, 0.05) is 7.05 Å². The van der Waals surface area contributed by atoms with E-state index in [-0.39, 0.29) is 11.4 Å². The highest BCUT2D eigenvalue weighted by molar-refractivity contribution is 7.85. The van der Waals surface area contributed by atoms with Crippen molar-refractivity contribution in [3.05, 3.63) is 18.2 Å². The second kappa shape index (κ2) is 6.30. The summed E-state index contributed by atoms with van der Waals surface area (Å²) in [6, 6.07) is 3.60. The first kappa shape index (κ1) is 15.9. The molecule has 0 aliphatic rings. The van der Waals surface area contributed by atoms with Gasteiger partial charge in [-0.05, 0) is 18.2 Å². The number of methoxy groups -OCH3 is 1. The van der Waals surface area contributed by atoms with Crippen LogP contribution in [-0.2, 0) is 14.9 Å². The number of ether oxygens (including phenoxy) is 1. The third-order valence-electron chi connectivity index (χ3n) is 2.09. The first-order chi connectivity index (χ1) is 9.24. The Hall–Kier alpha value is -2.20. The van der Waals surface area contributed by atoms with Crippen LogP contribution >= 0.6 is 0 Å². The first-order valence-electron chi connectivity index (χ1n) is 5.20. The maximum Gasteiger partial charge on any atom is 0.136 e. The van der Waals surface area contributed by atoms with Crippen LogP contribution in [0.15, 0.2) is 33.4 Å². The standard InChI is InChI=1S/C10H13N3O6S/c1-13(6-10(14)15)12-11-7-3-4-8(19-2)9(5-7)20(16,17)18/h3-5H,6H2,1-2H3,(H,14,15)(H,16,17,18)/p-2. The number of nitrogens with zero attached hydrogens (tertiary/aromatic N) is 3. The predicted octanol–water partition coefficient (Wildman–Crippen LogP) is -0.720. The van der Waals surface area contributed by atoms with Crippen LogP contribution in [0.1, 0.15) is 0 Å². The van der Waals surface area contributed by atoms with E-state index in [1.807, 2.05) is 0 Å². The minimum atomic E-state index is -4.72. The largest absolute Gasteiger partial charge is 0.744 e. The number of likely N-dealkylation sites (N-methyl/N-ethyl adjacent to an activating group) is 1. The third-order valence-corrected chi connectivity index (χ3v) is 2.95. The molecule has 0 heterocycles. The lowest BCUT2D eigenvalue weighted by Gasteiger charge is -2.13. The number of hydrogen-bond donors (Lipinski definition) is 0. The number of carboxylic acids is 1. The van der Waals surface area contributed by atoms with Crippen LogP contribution in [0.4, 0.5) is 5.69 Å². The zero-order valence-corrected chi connectivity index (χ0v) is 11.5. The minimum Gasteiger partial charge on any atom is -0.744 e. The first-order valence-corrected chi connectivity index (χ1v) is 6.61. The third kappa shape index (κ3) is 4.48. The fourth-order valence-electron chi connectivity index (χ4n) is 1.27. The molecular weight excluding hydrogens is 290 g/mol. The van der Waals surface area contributed by atoms with Gasteiger partial charge in [0.1, 0.15) is 15.9 Å². The summed E-state index contributed by atoms with van der Waals surface area (Å²) in [5, 5.41) is 18.4. The van der Waals surface area contributed by atoms with E-state index in [1.54, 1.807) is 0 Å². The maximum absolute atomic E-state index is 11.0. The molecule has 0 saturated heterocycles. The molecule has 0 bridgehead atoms. The summed E-state index contributed by atoms with van der Waals surface area (Å²) in [5.74, 6) is -1.45. The molecule has 0 atom stereocenters. The van der Waals surface area contributed by atoms with Crippen molar-refractivity contribution in [2.24, 2.45) is 10.3 Å². The number of benzene rings is 1. The molecule has 20 heavy (non-hydrogen) atoms. The molecule has 0 radical (unpaired) electrons. The molecule has 1 aromatic rings. The van der Waals surface area contributed by atoms with Crippen molar-refractivity contribution in [2.45, 2.75) is 4.90 Å². The molecule has 0 aliphatic heterocycles. The number of aliphatic carboxylic acids is 1. The smallest absolute Gasteiger partial charge is 0.136 e. The fraction of sp³-hybridized carbons (Fsp3) is 0.300. The highest BCUT2D eigenvalue weighted by Crippen LogP contribution is 2.28. The van der Waals surface area contributed by atoms with Crippen molar-refractivity contribution < 1.29 is 27.6 Å². The molecule has 0 aromatic heterocycles. The second-order valence-electron chi connectivity index (χ2n) is 3.67. The lowest BCUT2D eigenvalue weighted by Crippen LogP contribution is -2.33. The highest BCUT2D eigenvalue weighted by Gasteiger charge is 2.10. The van der Waals surface area contributed by atoms with Gasteiger partial charge in [-0.15, -0.1) is 5.11 Å². The van der Waals surface area contributed by atoms with E-state index >= 15 is 0 Å². The Morgan fingerprint density at radius 3 is 2.60 bits per heavy atom. The quantitative estimate of drug-likeness (QED) is 0.384. The van der Waals surface area contributed by atoms with Gasteiger partial charge in [-0.25, -0.2) is 8.42 Å². The number of carbonyl (C=O) groups is 1. The van der Waals surface area contributed by atoms with Crippen molar-refractivity contribution in [3.63, 3.8) is 0 Å². The Labute approximate surface area is 115 Å². The van der Waals surface area contributed by atoms with Gasteiger partial charge in [-0.3, -0.25) is 5.01 Å². The van der Waals surface area contributed by atoms with Gasteiger partial charge in [-0.1, -0.05) is 5.22 Å². The van der Waals surface area contributed by atoms with Gasteiger partial charge in [0.25, 0.3) is 0 Å². The molecule has 110 valence electrons. The van der Waals surface area contributed by atoms with Crippen LogP contribution in [0.5, 0.6) is 5.75 Å². The number of hydrogen-bond acceptors (Lipinski definition) is 8. The molecule has 0 unspecified atom stereocenters. The van der Waals surface area contributed by atoms with Crippen molar-refractivity contribution in [2.75, 3.05) is 20.7 Å². The van der Waals surface area contributed by atoms with Gasteiger partial charge < -0.3 is 19.2 Å². The Kier molecular flexibility index (Phi) is 5.00. The topological polar surface area (TPSA) is 135 Å². The van der Waals surface area contributed by atoms with E-state index in [9.17, 15) is 22.9 Å². The normalized spacial score (nSPS) is 11.6. The van der Waals surface area contributed by atoms with Gasteiger partial charge in [-0.2, -0.15) is 0 Å². The summed E-state index contributed by atoms with van der Waals surface area (Å²) in [6.45, 7) is -0.480. The van der Waals surface area contributed by atoms with Crippen LogP contribution in [0.3, 0.4) is 0 Å². The predicted molar refractivity (Wildman–Crippen MR) is 63.1 cm³/mol. The zero-order chi connectivity index (χ0) is 15.3. The van der Waals surface area contributed by atoms with Crippen LogP contribution in [0.2, 0.25) is 0 Å². The Morgan fingerprint density at radius 2 is 2.10 bits per heavy atom. The Morgan fingerprint density at radius 1 is 1.45 bits per heavy atom. The van der Waals surface area contributed by atoms with Crippen molar-refractivity contribution in [3.8, 4) is 5.75 Å². The molecular formula is C10H11N3O6S-2. The van der Waals surface area contributed by atoms with E-state index in [1.165, 1.54) is 26.3 Å². The van der Waals surface area contributed by atoms with Gasteiger partial charge in [0.05, 0.1) is 30.2 Å². The molecule has 10 heteroatoms. The number of rotatable bonds is 6. The summed E-state index contributed by atoms with van der Waals surface area (Å²) in [4.78, 5) is 9.73. The van der Waals surface area contributed by atoms with E-state index in [0.29, 0.717) is 0 Å². The van der Waals surface area contributed by atoms with Crippen molar-refractivity contribution in [1.82, 2.24) is 5.01 Å². The molecule has 0 N–H and O–H groups in total. The highest BCUT2D eigenvalue weighted by atomic mass is 32.2. The molecule has 9 nitrogen and oxygen atoms in total. The fourth-order valence-corrected chi connectivity index (χ4v) is 1.93. The molecule has 0 spiro atoms. The lowest BCUT2D eigenvalue weighted by atomic mass is 10.3. The van der Waals surface area contributed by atoms with E-state index in [4.69, 9.17) is 4.74 Å². The van der Waals surface area contributed by atoms with Gasteiger partial charge in [0.15, 0.2) is 0 Å². The van der Waals surface area contributed by atoms with E-state index in [0.717, 1.165) is 11.1 Å². The molecule has 0 fully saturated rings. The van der Waals surface area contributed by atoms with Crippen LogP contribution in [-0.4, -0.2) is 44.7 Å². The summed E-state index contributed by atoms with van der Waals surface area (Å²) >= 11 is 0. The Bertz CT molecular complexity index is 628. The maximum atomic E-state index is 11.0. The minimum absolute atomic E-state index is 0.0606. The van der Waals surface area contributed by atoms with E-state index < -0.39 is 27.5 Å². The number of carbonyl (C=O) groups excluding carboxylic acids is 1.